The van der Waals surface area contributed by atoms with Crippen LogP contribution in [-0.2, 0) is 10.8 Å². The Hall–Kier alpha value is -9.04. The van der Waals surface area contributed by atoms with E-state index in [4.69, 9.17) is 0 Å². The molecule has 1 heteroatoms. The van der Waals surface area contributed by atoms with Crippen LogP contribution >= 0.6 is 0 Å². The third-order valence-electron chi connectivity index (χ3n) is 16.3. The van der Waals surface area contributed by atoms with Crippen molar-refractivity contribution >= 4 is 27.8 Å². The number of fused-ring (bicyclic) bond motifs is 10. The highest BCUT2D eigenvalue weighted by Crippen LogP contribution is 2.66. The van der Waals surface area contributed by atoms with Gasteiger partial charge in [0.25, 0.3) is 0 Å². The summed E-state index contributed by atoms with van der Waals surface area (Å²) in [4.78, 5) is 2.38. The predicted octanol–water partition coefficient (Wildman–Crippen LogP) is 18.2. The van der Waals surface area contributed by atoms with Crippen LogP contribution in [0.3, 0.4) is 0 Å². The van der Waals surface area contributed by atoms with Crippen molar-refractivity contribution in [2.24, 2.45) is 5.92 Å². The molecule has 14 rings (SSSR count). The van der Waals surface area contributed by atoms with Crippen molar-refractivity contribution in [3.63, 3.8) is 0 Å². The van der Waals surface area contributed by atoms with Crippen LogP contribution in [0.4, 0.5) is 17.1 Å². The summed E-state index contributed by atoms with van der Waals surface area (Å²) in [6.07, 6.45) is 9.49. The van der Waals surface area contributed by atoms with Crippen LogP contribution in [0.2, 0.25) is 0 Å². The normalized spacial score (nSPS) is 16.3. The quantitative estimate of drug-likeness (QED) is 0.147. The third-order valence-corrected chi connectivity index (χ3v) is 16.3. The molecule has 11 aromatic carbocycles. The topological polar surface area (TPSA) is 3.24 Å². The average molecular weight is 930 g/mol. The second-order valence-corrected chi connectivity index (χ2v) is 19.9. The van der Waals surface area contributed by atoms with E-state index in [-0.39, 0.29) is 11.8 Å². The van der Waals surface area contributed by atoms with Gasteiger partial charge in [-0.05, 0) is 137 Å². The minimum Gasteiger partial charge on any atom is -0.311 e. The van der Waals surface area contributed by atoms with Gasteiger partial charge in [-0.1, -0.05) is 249 Å². The Morgan fingerprint density at radius 3 is 1.26 bits per heavy atom. The Balaban J connectivity index is 0.900. The first kappa shape index (κ1) is 42.8. The molecule has 2 unspecified atom stereocenters. The van der Waals surface area contributed by atoms with Crippen LogP contribution in [-0.4, -0.2) is 0 Å². The van der Waals surface area contributed by atoms with Gasteiger partial charge in [-0.25, -0.2) is 0 Å². The first-order chi connectivity index (χ1) is 36.2. The van der Waals surface area contributed by atoms with Crippen molar-refractivity contribution in [2.75, 3.05) is 4.90 Å². The summed E-state index contributed by atoms with van der Waals surface area (Å²) in [5.74, 6) is 0.416. The fourth-order valence-electron chi connectivity index (χ4n) is 13.1. The fourth-order valence-corrected chi connectivity index (χ4v) is 13.1. The molecule has 0 fully saturated rings. The van der Waals surface area contributed by atoms with Gasteiger partial charge in [0.1, 0.15) is 0 Å². The van der Waals surface area contributed by atoms with Crippen molar-refractivity contribution in [2.45, 2.75) is 16.7 Å². The maximum Gasteiger partial charge on any atom is 0.0707 e. The number of rotatable bonds is 8. The highest BCUT2D eigenvalue weighted by atomic mass is 15.1. The highest BCUT2D eigenvalue weighted by molar-refractivity contribution is 5.88. The zero-order chi connectivity index (χ0) is 48.3. The Bertz CT molecular complexity index is 3800. The molecule has 11 aromatic rings. The van der Waals surface area contributed by atoms with Crippen molar-refractivity contribution in [3.05, 3.63) is 342 Å². The summed E-state index contributed by atoms with van der Waals surface area (Å²) >= 11 is 0. The largest absolute Gasteiger partial charge is 0.311 e. The van der Waals surface area contributed by atoms with Crippen molar-refractivity contribution < 1.29 is 0 Å². The van der Waals surface area contributed by atoms with Gasteiger partial charge in [0.15, 0.2) is 0 Å². The Morgan fingerprint density at radius 2 is 0.699 bits per heavy atom. The maximum absolute atomic E-state index is 2.54. The van der Waals surface area contributed by atoms with E-state index in [2.05, 4.69) is 302 Å². The first-order valence-electron chi connectivity index (χ1n) is 25.7. The minimum atomic E-state index is -0.522. The minimum absolute atomic E-state index is 0.187. The summed E-state index contributed by atoms with van der Waals surface area (Å²) in [7, 11) is 0. The van der Waals surface area contributed by atoms with Gasteiger partial charge < -0.3 is 4.90 Å². The molecule has 0 heterocycles. The van der Waals surface area contributed by atoms with E-state index in [9.17, 15) is 0 Å². The van der Waals surface area contributed by atoms with Crippen molar-refractivity contribution in [3.8, 4) is 33.4 Å². The van der Waals surface area contributed by atoms with Crippen LogP contribution in [0.5, 0.6) is 0 Å². The number of hydrogen-bond donors (Lipinski definition) is 0. The number of benzene rings is 11. The van der Waals surface area contributed by atoms with Gasteiger partial charge in [0, 0.05) is 28.9 Å². The molecule has 73 heavy (non-hydrogen) atoms. The molecule has 2 atom stereocenters. The first-order valence-corrected chi connectivity index (χ1v) is 25.7. The molecule has 3 aliphatic rings. The van der Waals surface area contributed by atoms with Crippen molar-refractivity contribution in [1.29, 1.82) is 0 Å². The van der Waals surface area contributed by atoms with Gasteiger partial charge in [0.05, 0.1) is 10.8 Å². The highest BCUT2D eigenvalue weighted by Gasteiger charge is 2.60. The zero-order valence-electron chi connectivity index (χ0n) is 40.4. The van der Waals surface area contributed by atoms with Gasteiger partial charge in [-0.15, -0.1) is 0 Å². The van der Waals surface area contributed by atoms with E-state index in [1.807, 2.05) is 0 Å². The SMILES string of the molecule is C1=CC2c3ccc(-c4ccc(N(c5ccc(-c6ccccc6)cc5)c5ccc(-c6ccc7ccccc7c6)cc5)cc4)cc3C3(c4ccccc4C(c4ccccc4)(c4ccccc4)c4ccccc43)C2C=C1. The number of nitrogens with zero attached hydrogens (tertiary/aromatic N) is 1. The molecule has 0 amide bonds. The Labute approximate surface area is 428 Å². The molecule has 0 aliphatic heterocycles. The summed E-state index contributed by atoms with van der Waals surface area (Å²) in [5, 5.41) is 2.50. The fraction of sp³-hybridized carbons (Fsp3) is 0.0556. The van der Waals surface area contributed by atoms with E-state index in [1.165, 1.54) is 88.7 Å². The molecule has 0 N–H and O–H groups in total. The molecule has 0 saturated heterocycles. The predicted molar refractivity (Wildman–Crippen MR) is 304 cm³/mol. The average Bonchev–Trinajstić information content (AvgIpc) is 3.76. The van der Waals surface area contributed by atoms with Crippen LogP contribution in [0, 0.1) is 5.92 Å². The van der Waals surface area contributed by atoms with E-state index in [1.54, 1.807) is 0 Å². The van der Waals surface area contributed by atoms with Gasteiger partial charge in [-0.3, -0.25) is 0 Å². The molecule has 0 bridgehead atoms. The number of hydrogen-bond acceptors (Lipinski definition) is 1. The summed E-state index contributed by atoms with van der Waals surface area (Å²) in [6.45, 7) is 0. The molecule has 0 saturated carbocycles. The molecule has 0 radical (unpaired) electrons. The molecule has 1 nitrogen and oxygen atoms in total. The summed E-state index contributed by atoms with van der Waals surface area (Å²) in [5.41, 5.74) is 20.3. The molecule has 1 spiro atoms. The summed E-state index contributed by atoms with van der Waals surface area (Å²) in [6, 6.07) is 102. The standard InChI is InChI=1S/C72H51N/c1-4-18-50(19-5-1)52-34-41-60(42-35-52)73(61-43-36-53(37-44-61)56-33-32-51-20-10-11-21-55(51)48-56)62-45-38-54(39-46-62)57-40-47-64-63-26-12-13-27-65(63)72(70(64)49-57)68-30-16-14-28-66(68)71(58-22-6-2-7-23-58,59-24-8-3-9-25-59)67-29-15-17-31-69(67)72/h1-49,63,65H. The number of allylic oxidation sites excluding steroid dienone is 4. The second-order valence-electron chi connectivity index (χ2n) is 19.9. The van der Waals surface area contributed by atoms with Crippen LogP contribution in [0.25, 0.3) is 44.2 Å². The monoisotopic (exact) mass is 929 g/mol. The van der Waals surface area contributed by atoms with Gasteiger partial charge in [-0.2, -0.15) is 0 Å². The Morgan fingerprint density at radius 1 is 0.288 bits per heavy atom. The van der Waals surface area contributed by atoms with Crippen molar-refractivity contribution in [1.82, 2.24) is 0 Å². The lowest BCUT2D eigenvalue weighted by Gasteiger charge is -2.51. The maximum atomic E-state index is 2.54. The lowest BCUT2D eigenvalue weighted by atomic mass is 9.50. The van der Waals surface area contributed by atoms with Gasteiger partial charge in [0.2, 0.25) is 0 Å². The molecule has 0 aromatic heterocycles. The number of anilines is 3. The third kappa shape index (κ3) is 6.69. The molecule has 344 valence electrons. The molecule has 3 aliphatic carbocycles. The molecular weight excluding hydrogens is 879 g/mol. The second kappa shape index (κ2) is 17.4. The van der Waals surface area contributed by atoms with Crippen LogP contribution in [0.15, 0.2) is 297 Å². The zero-order valence-corrected chi connectivity index (χ0v) is 40.4. The van der Waals surface area contributed by atoms with Crippen LogP contribution in [0.1, 0.15) is 50.4 Å². The lowest BCUT2D eigenvalue weighted by Crippen LogP contribution is -2.47. The Kier molecular flexibility index (Phi) is 10.2. The smallest absolute Gasteiger partial charge is 0.0707 e. The van der Waals surface area contributed by atoms with E-state index < -0.39 is 10.8 Å². The van der Waals surface area contributed by atoms with Gasteiger partial charge >= 0.3 is 0 Å². The van der Waals surface area contributed by atoms with E-state index >= 15 is 0 Å². The van der Waals surface area contributed by atoms with E-state index in [0.717, 1.165) is 17.1 Å². The van der Waals surface area contributed by atoms with E-state index in [0.29, 0.717) is 0 Å². The molecular formula is C72H51N. The lowest BCUT2D eigenvalue weighted by molar-refractivity contribution is 0.431. The summed E-state index contributed by atoms with van der Waals surface area (Å²) < 4.78 is 0. The van der Waals surface area contributed by atoms with Crippen LogP contribution < -0.4 is 4.90 Å².